The third kappa shape index (κ3) is 6.58. The van der Waals surface area contributed by atoms with E-state index in [0.29, 0.717) is 5.56 Å². The number of amides is 2. The van der Waals surface area contributed by atoms with Crippen molar-refractivity contribution in [3.8, 4) is 0 Å². The summed E-state index contributed by atoms with van der Waals surface area (Å²) in [5.41, 5.74) is -0.169. The van der Waals surface area contributed by atoms with Crippen molar-refractivity contribution in [2.75, 3.05) is 12.4 Å². The van der Waals surface area contributed by atoms with Crippen LogP contribution in [0.3, 0.4) is 0 Å². The molecule has 0 spiro atoms. The standard InChI is InChI=1S/C25H21ClF4N2O3/c1-32(13-15-5-9-19(27)10-6-15)24(35)22(21-12-18(26)8-7-16(21)14-33)23(34)31-20-4-2-3-17(11-20)25(28,29)30/h2-12,22,33H,13-14H2,1H3,(H,31,34). The summed E-state index contributed by atoms with van der Waals surface area (Å²) in [5, 5.41) is 12.3. The predicted molar refractivity (Wildman–Crippen MR) is 123 cm³/mol. The van der Waals surface area contributed by atoms with E-state index in [2.05, 4.69) is 5.32 Å². The number of likely N-dealkylation sites (N-methyl/N-ethyl adjacent to an activating group) is 1. The number of aliphatic hydroxyl groups excluding tert-OH is 1. The summed E-state index contributed by atoms with van der Waals surface area (Å²) in [6.45, 7) is -0.476. The van der Waals surface area contributed by atoms with Crippen LogP contribution in [0.15, 0.2) is 66.7 Å². The first-order valence-electron chi connectivity index (χ1n) is 10.4. The minimum Gasteiger partial charge on any atom is -0.392 e. The summed E-state index contributed by atoms with van der Waals surface area (Å²) in [6.07, 6.45) is -4.62. The molecular weight excluding hydrogens is 488 g/mol. The van der Waals surface area contributed by atoms with Gasteiger partial charge >= 0.3 is 6.18 Å². The van der Waals surface area contributed by atoms with Gasteiger partial charge in [-0.05, 0) is 59.2 Å². The molecule has 3 rings (SSSR count). The molecule has 2 N–H and O–H groups in total. The molecule has 0 aliphatic heterocycles. The second kappa shape index (κ2) is 10.9. The number of nitrogens with zero attached hydrogens (tertiary/aromatic N) is 1. The Bertz CT molecular complexity index is 1220. The van der Waals surface area contributed by atoms with Gasteiger partial charge in [0.2, 0.25) is 11.8 Å². The first kappa shape index (κ1) is 26.2. The van der Waals surface area contributed by atoms with Gasteiger partial charge in [-0.3, -0.25) is 9.59 Å². The zero-order valence-corrected chi connectivity index (χ0v) is 19.2. The van der Waals surface area contributed by atoms with Crippen LogP contribution in [-0.2, 0) is 28.9 Å². The van der Waals surface area contributed by atoms with E-state index in [1.807, 2.05) is 0 Å². The first-order valence-corrected chi connectivity index (χ1v) is 10.7. The molecule has 184 valence electrons. The minimum absolute atomic E-state index is 0.0292. The number of aliphatic hydroxyl groups is 1. The van der Waals surface area contributed by atoms with Crippen molar-refractivity contribution >= 4 is 29.1 Å². The van der Waals surface area contributed by atoms with Gasteiger partial charge in [0.1, 0.15) is 11.7 Å². The fourth-order valence-electron chi connectivity index (χ4n) is 3.51. The van der Waals surface area contributed by atoms with Gasteiger partial charge in [0.05, 0.1) is 12.2 Å². The number of benzene rings is 3. The average Bonchev–Trinajstić information content (AvgIpc) is 2.80. The molecule has 2 amide bonds. The fourth-order valence-corrected chi connectivity index (χ4v) is 3.70. The molecule has 0 aliphatic rings. The van der Waals surface area contributed by atoms with Crippen LogP contribution in [0, 0.1) is 5.82 Å². The monoisotopic (exact) mass is 508 g/mol. The van der Waals surface area contributed by atoms with Crippen molar-refractivity contribution in [2.24, 2.45) is 0 Å². The zero-order valence-electron chi connectivity index (χ0n) is 18.4. The van der Waals surface area contributed by atoms with Gasteiger partial charge in [0, 0.05) is 24.3 Å². The van der Waals surface area contributed by atoms with Crippen LogP contribution >= 0.6 is 11.6 Å². The smallest absolute Gasteiger partial charge is 0.392 e. The van der Waals surface area contributed by atoms with Crippen molar-refractivity contribution in [1.82, 2.24) is 4.90 Å². The number of hydrogen-bond acceptors (Lipinski definition) is 3. The van der Waals surface area contributed by atoms with Gasteiger partial charge in [-0.25, -0.2) is 4.39 Å². The van der Waals surface area contributed by atoms with E-state index in [4.69, 9.17) is 11.6 Å². The highest BCUT2D eigenvalue weighted by Crippen LogP contribution is 2.32. The lowest BCUT2D eigenvalue weighted by Gasteiger charge is -2.25. The van der Waals surface area contributed by atoms with E-state index in [0.717, 1.165) is 18.2 Å². The molecule has 1 atom stereocenters. The maximum atomic E-state index is 13.4. The van der Waals surface area contributed by atoms with Crippen LogP contribution in [0.2, 0.25) is 5.02 Å². The van der Waals surface area contributed by atoms with Crippen LogP contribution in [0.25, 0.3) is 0 Å². The van der Waals surface area contributed by atoms with Gasteiger partial charge in [-0.1, -0.05) is 35.9 Å². The molecule has 3 aromatic rings. The number of carbonyl (C=O) groups excluding carboxylic acids is 2. The summed E-state index contributed by atoms with van der Waals surface area (Å²) in [7, 11) is 1.43. The highest BCUT2D eigenvalue weighted by Gasteiger charge is 2.34. The molecule has 0 saturated carbocycles. The zero-order chi connectivity index (χ0) is 25.8. The SMILES string of the molecule is CN(Cc1ccc(F)cc1)C(=O)C(C(=O)Nc1cccc(C(F)(F)F)c1)c1cc(Cl)ccc1CO. The Kier molecular flexibility index (Phi) is 8.14. The second-order valence-electron chi connectivity index (χ2n) is 7.82. The second-order valence-corrected chi connectivity index (χ2v) is 8.26. The molecule has 0 aliphatic carbocycles. The van der Waals surface area contributed by atoms with Gasteiger partial charge in [0.25, 0.3) is 0 Å². The summed E-state index contributed by atoms with van der Waals surface area (Å²) < 4.78 is 52.5. The van der Waals surface area contributed by atoms with E-state index in [-0.39, 0.29) is 28.4 Å². The fraction of sp³-hybridized carbons (Fsp3) is 0.200. The number of alkyl halides is 3. The largest absolute Gasteiger partial charge is 0.416 e. The van der Waals surface area contributed by atoms with Crippen LogP contribution < -0.4 is 5.32 Å². The molecule has 0 fully saturated rings. The number of hydrogen-bond donors (Lipinski definition) is 2. The summed E-state index contributed by atoms with van der Waals surface area (Å²) >= 11 is 6.08. The minimum atomic E-state index is -4.62. The van der Waals surface area contributed by atoms with Crippen LogP contribution in [-0.4, -0.2) is 28.9 Å². The average molecular weight is 509 g/mol. The highest BCUT2D eigenvalue weighted by atomic mass is 35.5. The quantitative estimate of drug-likeness (QED) is 0.333. The Labute approximate surface area is 203 Å². The van der Waals surface area contributed by atoms with E-state index in [1.54, 1.807) is 0 Å². The third-order valence-electron chi connectivity index (χ3n) is 5.27. The third-order valence-corrected chi connectivity index (χ3v) is 5.50. The number of carbonyl (C=O) groups is 2. The summed E-state index contributed by atoms with van der Waals surface area (Å²) in [5.74, 6) is -3.59. The van der Waals surface area contributed by atoms with Crippen molar-refractivity contribution in [3.05, 3.63) is 99.8 Å². The lowest BCUT2D eigenvalue weighted by Crippen LogP contribution is -2.38. The van der Waals surface area contributed by atoms with Crippen LogP contribution in [0.1, 0.15) is 28.2 Å². The molecule has 0 radical (unpaired) electrons. The van der Waals surface area contributed by atoms with Gasteiger partial charge in [0.15, 0.2) is 0 Å². The molecule has 0 heterocycles. The Balaban J connectivity index is 1.97. The molecule has 35 heavy (non-hydrogen) atoms. The van der Waals surface area contributed by atoms with Crippen LogP contribution in [0.4, 0.5) is 23.2 Å². The number of halogens is 5. The topological polar surface area (TPSA) is 69.6 Å². The maximum absolute atomic E-state index is 13.4. The van der Waals surface area contributed by atoms with Crippen molar-refractivity contribution in [3.63, 3.8) is 0 Å². The highest BCUT2D eigenvalue weighted by molar-refractivity contribution is 6.30. The normalized spacial score (nSPS) is 12.2. The lowest BCUT2D eigenvalue weighted by molar-refractivity contribution is -0.138. The number of anilines is 1. The molecule has 5 nitrogen and oxygen atoms in total. The lowest BCUT2D eigenvalue weighted by atomic mass is 9.92. The molecular formula is C25H21ClF4N2O3. The summed E-state index contributed by atoms with van der Waals surface area (Å²) in [4.78, 5) is 27.9. The first-order chi connectivity index (χ1) is 16.5. The number of rotatable bonds is 7. The van der Waals surface area contributed by atoms with E-state index < -0.39 is 41.9 Å². The molecule has 1 unspecified atom stereocenters. The Morgan fingerprint density at radius 1 is 1.06 bits per heavy atom. The van der Waals surface area contributed by atoms with Crippen molar-refractivity contribution in [1.29, 1.82) is 0 Å². The molecule has 3 aromatic carbocycles. The van der Waals surface area contributed by atoms with E-state index >= 15 is 0 Å². The van der Waals surface area contributed by atoms with Crippen molar-refractivity contribution < 1.29 is 32.3 Å². The molecule has 0 aromatic heterocycles. The Hall–Kier alpha value is -3.43. The van der Waals surface area contributed by atoms with Gasteiger partial charge in [-0.2, -0.15) is 13.2 Å². The van der Waals surface area contributed by atoms with Crippen LogP contribution in [0.5, 0.6) is 0 Å². The Morgan fingerprint density at radius 2 is 1.74 bits per heavy atom. The Morgan fingerprint density at radius 3 is 2.37 bits per heavy atom. The maximum Gasteiger partial charge on any atom is 0.416 e. The van der Waals surface area contributed by atoms with Gasteiger partial charge < -0.3 is 15.3 Å². The molecule has 0 saturated heterocycles. The summed E-state index contributed by atoms with van der Waals surface area (Å²) in [6, 6.07) is 13.7. The van der Waals surface area contributed by atoms with Gasteiger partial charge in [-0.15, -0.1) is 0 Å². The van der Waals surface area contributed by atoms with E-state index in [9.17, 15) is 32.3 Å². The predicted octanol–water partition coefficient (Wildman–Crippen LogP) is 5.37. The van der Waals surface area contributed by atoms with E-state index in [1.165, 1.54) is 60.5 Å². The molecule has 10 heteroatoms. The number of nitrogens with one attached hydrogen (secondary N) is 1. The molecule has 0 bridgehead atoms. The van der Waals surface area contributed by atoms with Crippen molar-refractivity contribution in [2.45, 2.75) is 25.2 Å².